The molecule has 0 saturated carbocycles. The van der Waals surface area contributed by atoms with E-state index in [9.17, 15) is 13.2 Å². The van der Waals surface area contributed by atoms with E-state index in [1.807, 2.05) is 25.1 Å². The van der Waals surface area contributed by atoms with Gasteiger partial charge < -0.3 is 5.32 Å². The first-order chi connectivity index (χ1) is 11.9. The molecule has 6 heteroatoms. The number of carbonyl (C=O) groups excluding carboxylic acids is 1. The molecule has 1 amide bonds. The third kappa shape index (κ3) is 3.75. The van der Waals surface area contributed by atoms with Crippen molar-refractivity contribution in [3.05, 3.63) is 65.2 Å². The molecule has 2 aromatic carbocycles. The van der Waals surface area contributed by atoms with Crippen molar-refractivity contribution in [2.75, 3.05) is 13.6 Å². The molecule has 0 heterocycles. The highest BCUT2D eigenvalue weighted by atomic mass is 32.2. The van der Waals surface area contributed by atoms with Crippen LogP contribution < -0.4 is 5.32 Å². The largest absolute Gasteiger partial charge is 0.348 e. The molecule has 0 fully saturated rings. The number of sulfonamides is 1. The van der Waals surface area contributed by atoms with Crippen LogP contribution in [0.15, 0.2) is 53.4 Å². The van der Waals surface area contributed by atoms with Crippen molar-refractivity contribution in [1.29, 1.82) is 0 Å². The molecule has 1 aliphatic carbocycles. The molecule has 0 radical (unpaired) electrons. The van der Waals surface area contributed by atoms with Crippen LogP contribution in [-0.4, -0.2) is 32.2 Å². The molecule has 0 saturated heterocycles. The van der Waals surface area contributed by atoms with Crippen molar-refractivity contribution >= 4 is 15.9 Å². The zero-order valence-corrected chi connectivity index (χ0v) is 15.2. The molecule has 1 N–H and O–H groups in total. The summed E-state index contributed by atoms with van der Waals surface area (Å²) in [5.74, 6) is -0.292. The number of likely N-dealkylation sites (N-methyl/N-ethyl adjacent to an activating group) is 1. The quantitative estimate of drug-likeness (QED) is 0.893. The summed E-state index contributed by atoms with van der Waals surface area (Å²) in [6.07, 6.45) is 1.78. The van der Waals surface area contributed by atoms with Crippen LogP contribution in [0.5, 0.6) is 0 Å². The fourth-order valence-corrected chi connectivity index (χ4v) is 4.25. The van der Waals surface area contributed by atoms with Gasteiger partial charge in [0, 0.05) is 7.05 Å². The van der Waals surface area contributed by atoms with Crippen molar-refractivity contribution in [2.45, 2.75) is 30.7 Å². The third-order valence-electron chi connectivity index (χ3n) is 4.56. The molecule has 5 nitrogen and oxygen atoms in total. The van der Waals surface area contributed by atoms with E-state index in [0.29, 0.717) is 0 Å². The van der Waals surface area contributed by atoms with Crippen LogP contribution >= 0.6 is 0 Å². The number of rotatable bonds is 5. The number of benzene rings is 2. The third-order valence-corrected chi connectivity index (χ3v) is 6.38. The molecule has 132 valence electrons. The number of nitrogens with one attached hydrogen (secondary N) is 1. The monoisotopic (exact) mass is 358 g/mol. The Kier molecular flexibility index (Phi) is 4.92. The van der Waals surface area contributed by atoms with Crippen LogP contribution in [0.2, 0.25) is 0 Å². The van der Waals surface area contributed by atoms with Gasteiger partial charge >= 0.3 is 0 Å². The first-order valence-electron chi connectivity index (χ1n) is 8.28. The Morgan fingerprint density at radius 3 is 2.56 bits per heavy atom. The predicted octanol–water partition coefficient (Wildman–Crippen LogP) is 2.42. The number of nitrogens with zero attached hydrogens (tertiary/aromatic N) is 1. The Balaban J connectivity index is 1.66. The SMILES string of the molecule is Cc1ccc(S(=O)(=O)N(C)CC(=O)NC2CCc3ccccc32)cc1. The Labute approximate surface area is 148 Å². The molecule has 1 unspecified atom stereocenters. The minimum atomic E-state index is -3.67. The van der Waals surface area contributed by atoms with Gasteiger partial charge in [-0.05, 0) is 43.0 Å². The summed E-state index contributed by atoms with van der Waals surface area (Å²) < 4.78 is 26.2. The average Bonchev–Trinajstić information content (AvgIpc) is 2.98. The van der Waals surface area contributed by atoms with E-state index in [1.54, 1.807) is 24.3 Å². The van der Waals surface area contributed by atoms with Gasteiger partial charge in [-0.3, -0.25) is 4.79 Å². The van der Waals surface area contributed by atoms with Crippen LogP contribution in [-0.2, 0) is 21.2 Å². The zero-order chi connectivity index (χ0) is 18.0. The zero-order valence-electron chi connectivity index (χ0n) is 14.4. The van der Waals surface area contributed by atoms with Crippen molar-refractivity contribution in [1.82, 2.24) is 9.62 Å². The van der Waals surface area contributed by atoms with Crippen LogP contribution in [0.25, 0.3) is 0 Å². The van der Waals surface area contributed by atoms with Gasteiger partial charge in [0.1, 0.15) is 0 Å². The second kappa shape index (κ2) is 6.98. The number of amides is 1. The molecular weight excluding hydrogens is 336 g/mol. The lowest BCUT2D eigenvalue weighted by Gasteiger charge is -2.19. The van der Waals surface area contributed by atoms with Gasteiger partial charge in [0.25, 0.3) is 0 Å². The molecule has 0 spiro atoms. The molecule has 3 rings (SSSR count). The van der Waals surface area contributed by atoms with E-state index in [1.165, 1.54) is 12.6 Å². The van der Waals surface area contributed by atoms with Gasteiger partial charge in [-0.25, -0.2) is 8.42 Å². The minimum absolute atomic E-state index is 0.0424. The fourth-order valence-electron chi connectivity index (χ4n) is 3.12. The minimum Gasteiger partial charge on any atom is -0.348 e. The van der Waals surface area contributed by atoms with Gasteiger partial charge in [-0.2, -0.15) is 4.31 Å². The predicted molar refractivity (Wildman–Crippen MR) is 96.6 cm³/mol. The molecule has 25 heavy (non-hydrogen) atoms. The molecule has 1 aliphatic rings. The lowest BCUT2D eigenvalue weighted by Crippen LogP contribution is -2.39. The van der Waals surface area contributed by atoms with Crippen molar-refractivity contribution in [3.8, 4) is 0 Å². The number of hydrogen-bond donors (Lipinski definition) is 1. The smallest absolute Gasteiger partial charge is 0.243 e. The standard InChI is InChI=1S/C19H22N2O3S/c1-14-7-10-16(11-8-14)25(23,24)21(2)13-19(22)20-18-12-9-15-5-3-4-6-17(15)18/h3-8,10-11,18H,9,12-13H2,1-2H3,(H,20,22). The summed E-state index contributed by atoms with van der Waals surface area (Å²) in [6.45, 7) is 1.70. The van der Waals surface area contributed by atoms with E-state index in [2.05, 4.69) is 11.4 Å². The maximum absolute atomic E-state index is 12.6. The van der Waals surface area contributed by atoms with Crippen LogP contribution in [0, 0.1) is 6.92 Å². The summed E-state index contributed by atoms with van der Waals surface area (Å²) in [5, 5.41) is 2.95. The molecule has 0 aromatic heterocycles. The van der Waals surface area contributed by atoms with Gasteiger partial charge in [0.15, 0.2) is 0 Å². The van der Waals surface area contributed by atoms with E-state index < -0.39 is 10.0 Å². The maximum atomic E-state index is 12.6. The van der Waals surface area contributed by atoms with Crippen LogP contribution in [0.4, 0.5) is 0 Å². The highest BCUT2D eigenvalue weighted by Gasteiger charge is 2.26. The highest BCUT2D eigenvalue weighted by molar-refractivity contribution is 7.89. The Morgan fingerprint density at radius 1 is 1.16 bits per heavy atom. The summed E-state index contributed by atoms with van der Waals surface area (Å²) in [6, 6.07) is 14.6. The second-order valence-electron chi connectivity index (χ2n) is 6.43. The number of hydrogen-bond acceptors (Lipinski definition) is 3. The lowest BCUT2D eigenvalue weighted by atomic mass is 10.1. The van der Waals surface area contributed by atoms with Crippen LogP contribution in [0.3, 0.4) is 0 Å². The summed E-state index contributed by atoms with van der Waals surface area (Å²) in [4.78, 5) is 12.5. The Bertz CT molecular complexity index is 876. The summed E-state index contributed by atoms with van der Waals surface area (Å²) in [7, 11) is -2.24. The highest BCUT2D eigenvalue weighted by Crippen LogP contribution is 2.30. The first kappa shape index (κ1) is 17.6. The van der Waals surface area contributed by atoms with E-state index >= 15 is 0 Å². The molecular formula is C19H22N2O3S. The normalized spacial score (nSPS) is 16.7. The molecule has 0 aliphatic heterocycles. The number of carbonyl (C=O) groups is 1. The van der Waals surface area contributed by atoms with Crippen LogP contribution in [0.1, 0.15) is 29.2 Å². The first-order valence-corrected chi connectivity index (χ1v) is 9.72. The topological polar surface area (TPSA) is 66.5 Å². The summed E-state index contributed by atoms with van der Waals surface area (Å²) in [5.41, 5.74) is 3.35. The maximum Gasteiger partial charge on any atom is 0.243 e. The second-order valence-corrected chi connectivity index (χ2v) is 8.48. The van der Waals surface area contributed by atoms with Gasteiger partial charge in [0.2, 0.25) is 15.9 Å². The van der Waals surface area contributed by atoms with Crippen molar-refractivity contribution < 1.29 is 13.2 Å². The van der Waals surface area contributed by atoms with E-state index in [0.717, 1.165) is 28.3 Å². The molecule has 1 atom stereocenters. The molecule has 2 aromatic rings. The molecule has 0 bridgehead atoms. The van der Waals surface area contributed by atoms with Gasteiger partial charge in [0.05, 0.1) is 17.5 Å². The van der Waals surface area contributed by atoms with Gasteiger partial charge in [-0.15, -0.1) is 0 Å². The van der Waals surface area contributed by atoms with Crippen molar-refractivity contribution in [3.63, 3.8) is 0 Å². The Hall–Kier alpha value is -2.18. The van der Waals surface area contributed by atoms with E-state index in [4.69, 9.17) is 0 Å². The van der Waals surface area contributed by atoms with Crippen molar-refractivity contribution in [2.24, 2.45) is 0 Å². The van der Waals surface area contributed by atoms with E-state index in [-0.39, 0.29) is 23.4 Å². The number of aryl methyl sites for hydroxylation is 2. The average molecular weight is 358 g/mol. The Morgan fingerprint density at radius 2 is 1.84 bits per heavy atom. The lowest BCUT2D eigenvalue weighted by molar-refractivity contribution is -0.121. The fraction of sp³-hybridized carbons (Fsp3) is 0.316. The number of fused-ring (bicyclic) bond motifs is 1. The summed E-state index contributed by atoms with van der Waals surface area (Å²) >= 11 is 0. The van der Waals surface area contributed by atoms with Gasteiger partial charge in [-0.1, -0.05) is 42.0 Å².